The average Bonchev–Trinajstić information content (AvgIpc) is 2.84. The van der Waals surface area contributed by atoms with Crippen molar-refractivity contribution in [3.8, 4) is 22.5 Å². The van der Waals surface area contributed by atoms with E-state index in [0.717, 1.165) is 44.7 Å². The van der Waals surface area contributed by atoms with Gasteiger partial charge in [0, 0.05) is 18.6 Å². The largest absolute Gasteiger partial charge is 0.364 e. The van der Waals surface area contributed by atoms with Crippen LogP contribution in [0.1, 0.15) is 11.3 Å². The molecule has 0 saturated heterocycles. The zero-order valence-electron chi connectivity index (χ0n) is 17.0. The van der Waals surface area contributed by atoms with Crippen molar-refractivity contribution in [3.05, 3.63) is 96.8 Å². The highest BCUT2D eigenvalue weighted by Gasteiger charge is 2.14. The van der Waals surface area contributed by atoms with E-state index in [-0.39, 0.29) is 0 Å². The van der Waals surface area contributed by atoms with Gasteiger partial charge in [0.1, 0.15) is 12.1 Å². The number of nitrogens with zero attached hydrogens (tertiary/aromatic N) is 5. The molecule has 0 aliphatic carbocycles. The van der Waals surface area contributed by atoms with Crippen molar-refractivity contribution in [2.45, 2.75) is 13.5 Å². The molecule has 3 heterocycles. The van der Waals surface area contributed by atoms with Crippen molar-refractivity contribution in [2.24, 2.45) is 0 Å². The third-order valence-electron chi connectivity index (χ3n) is 5.04. The Morgan fingerprint density at radius 2 is 1.61 bits per heavy atom. The summed E-state index contributed by atoms with van der Waals surface area (Å²) in [6, 6.07) is 20.5. The van der Waals surface area contributed by atoms with E-state index in [2.05, 4.69) is 44.5 Å². The molecule has 3 aromatic heterocycles. The van der Waals surface area contributed by atoms with Crippen molar-refractivity contribution < 1.29 is 0 Å². The predicted octanol–water partition coefficient (Wildman–Crippen LogP) is 5.07. The number of fused-ring (bicyclic) bond motifs is 1. The second-order valence-corrected chi connectivity index (χ2v) is 7.27. The molecular weight excluding hydrogens is 384 g/mol. The zero-order valence-corrected chi connectivity index (χ0v) is 17.0. The average molecular weight is 404 g/mol. The summed E-state index contributed by atoms with van der Waals surface area (Å²) in [5.74, 6) is 1.34. The quantitative estimate of drug-likeness (QED) is 0.441. The van der Waals surface area contributed by atoms with E-state index in [1.807, 2.05) is 49.5 Å². The Bertz CT molecular complexity index is 1320. The Hall–Kier alpha value is -4.19. The van der Waals surface area contributed by atoms with E-state index >= 15 is 0 Å². The van der Waals surface area contributed by atoms with Gasteiger partial charge < -0.3 is 5.32 Å². The number of pyridine rings is 1. The van der Waals surface area contributed by atoms with Gasteiger partial charge in [0.15, 0.2) is 5.82 Å². The minimum atomic E-state index is 0.556. The summed E-state index contributed by atoms with van der Waals surface area (Å²) in [5, 5.41) is 4.46. The maximum absolute atomic E-state index is 4.86. The lowest BCUT2D eigenvalue weighted by Crippen LogP contribution is -2.06. The molecule has 0 fully saturated rings. The predicted molar refractivity (Wildman–Crippen MR) is 122 cm³/mol. The summed E-state index contributed by atoms with van der Waals surface area (Å²) < 4.78 is 0. The molecule has 0 radical (unpaired) electrons. The molecule has 31 heavy (non-hydrogen) atoms. The lowest BCUT2D eigenvalue weighted by molar-refractivity contribution is 1.02. The number of aromatic nitrogens is 5. The molecule has 0 saturated carbocycles. The normalized spacial score (nSPS) is 10.9. The van der Waals surface area contributed by atoms with Crippen molar-refractivity contribution in [1.29, 1.82) is 0 Å². The minimum Gasteiger partial charge on any atom is -0.364 e. The molecule has 0 atom stereocenters. The zero-order chi connectivity index (χ0) is 21.0. The number of anilines is 1. The Balaban J connectivity index is 1.66. The van der Waals surface area contributed by atoms with Crippen molar-refractivity contribution in [3.63, 3.8) is 0 Å². The molecule has 0 bridgehead atoms. The van der Waals surface area contributed by atoms with Crippen molar-refractivity contribution in [2.75, 3.05) is 5.32 Å². The van der Waals surface area contributed by atoms with Crippen LogP contribution in [0.25, 0.3) is 33.4 Å². The fourth-order valence-corrected chi connectivity index (χ4v) is 3.49. The minimum absolute atomic E-state index is 0.556. The lowest BCUT2D eigenvalue weighted by atomic mass is 10.0. The number of nitrogens with one attached hydrogen (secondary N) is 1. The summed E-state index contributed by atoms with van der Waals surface area (Å²) in [4.78, 5) is 22.4. The molecule has 0 amide bonds. The van der Waals surface area contributed by atoms with E-state index in [1.165, 1.54) is 6.33 Å². The smallest absolute Gasteiger partial charge is 0.165 e. The molecule has 0 aliphatic rings. The highest BCUT2D eigenvalue weighted by Crippen LogP contribution is 2.33. The lowest BCUT2D eigenvalue weighted by Gasteiger charge is -2.14. The van der Waals surface area contributed by atoms with Gasteiger partial charge in [0.05, 0.1) is 28.7 Å². The Labute approximate surface area is 180 Å². The van der Waals surface area contributed by atoms with Crippen LogP contribution < -0.4 is 5.32 Å². The van der Waals surface area contributed by atoms with Gasteiger partial charge in [-0.05, 0) is 35.7 Å². The maximum Gasteiger partial charge on any atom is 0.165 e. The Kier molecular flexibility index (Phi) is 5.02. The standard InChI is InChI=1S/C25H20N6/c1-17-10-11-20(28-12-17)15-29-25-23-21(18-6-3-2-4-7-18)8-5-9-22(23)30-24(31-25)19-13-26-16-27-14-19/h2-14,16H,15H2,1H3,(H,29,30,31). The SMILES string of the molecule is Cc1ccc(CNc2nc(-c3cncnc3)nc3cccc(-c4ccccc4)c23)nc1. The van der Waals surface area contributed by atoms with Crippen LogP contribution in [0.3, 0.4) is 0 Å². The first-order valence-corrected chi connectivity index (χ1v) is 10.0. The summed E-state index contributed by atoms with van der Waals surface area (Å²) in [5.41, 5.74) is 5.89. The summed E-state index contributed by atoms with van der Waals surface area (Å²) >= 11 is 0. The number of hydrogen-bond acceptors (Lipinski definition) is 6. The third kappa shape index (κ3) is 3.96. The topological polar surface area (TPSA) is 76.5 Å². The highest BCUT2D eigenvalue weighted by molar-refractivity contribution is 6.02. The molecule has 5 aromatic rings. The molecule has 0 spiro atoms. The van der Waals surface area contributed by atoms with Crippen LogP contribution in [0.5, 0.6) is 0 Å². The fraction of sp³-hybridized carbons (Fsp3) is 0.0800. The second-order valence-electron chi connectivity index (χ2n) is 7.27. The Morgan fingerprint density at radius 3 is 2.39 bits per heavy atom. The number of benzene rings is 2. The molecule has 6 nitrogen and oxygen atoms in total. The van der Waals surface area contributed by atoms with Gasteiger partial charge in [0.2, 0.25) is 0 Å². The maximum atomic E-state index is 4.86. The third-order valence-corrected chi connectivity index (χ3v) is 5.04. The molecule has 0 aliphatic heterocycles. The van der Waals surface area contributed by atoms with Gasteiger partial charge in [-0.15, -0.1) is 0 Å². The van der Waals surface area contributed by atoms with Gasteiger partial charge in [-0.1, -0.05) is 48.5 Å². The van der Waals surface area contributed by atoms with E-state index in [9.17, 15) is 0 Å². The number of rotatable bonds is 5. The van der Waals surface area contributed by atoms with Gasteiger partial charge in [0.25, 0.3) is 0 Å². The van der Waals surface area contributed by atoms with E-state index < -0.39 is 0 Å². The molecule has 150 valence electrons. The van der Waals surface area contributed by atoms with Crippen molar-refractivity contribution in [1.82, 2.24) is 24.9 Å². The van der Waals surface area contributed by atoms with Crippen LogP contribution in [0.15, 0.2) is 85.6 Å². The second kappa shape index (κ2) is 8.28. The molecular formula is C25H20N6. The number of hydrogen-bond donors (Lipinski definition) is 1. The monoisotopic (exact) mass is 404 g/mol. The van der Waals surface area contributed by atoms with Crippen LogP contribution in [0, 0.1) is 6.92 Å². The van der Waals surface area contributed by atoms with E-state index in [1.54, 1.807) is 12.4 Å². The molecule has 6 heteroatoms. The first-order chi connectivity index (χ1) is 15.3. The first-order valence-electron chi connectivity index (χ1n) is 10.0. The van der Waals surface area contributed by atoms with Crippen LogP contribution in [-0.2, 0) is 6.54 Å². The van der Waals surface area contributed by atoms with E-state index in [0.29, 0.717) is 12.4 Å². The van der Waals surface area contributed by atoms with Gasteiger partial charge in [-0.3, -0.25) is 4.98 Å². The van der Waals surface area contributed by atoms with Gasteiger partial charge in [-0.25, -0.2) is 19.9 Å². The molecule has 1 N–H and O–H groups in total. The summed E-state index contributed by atoms with van der Waals surface area (Å²) in [6.07, 6.45) is 6.82. The molecule has 2 aromatic carbocycles. The summed E-state index contributed by atoms with van der Waals surface area (Å²) in [6.45, 7) is 2.59. The van der Waals surface area contributed by atoms with E-state index in [4.69, 9.17) is 9.97 Å². The fourth-order valence-electron chi connectivity index (χ4n) is 3.49. The molecule has 5 rings (SSSR count). The van der Waals surface area contributed by atoms with Gasteiger partial charge in [-0.2, -0.15) is 0 Å². The molecule has 0 unspecified atom stereocenters. The highest BCUT2D eigenvalue weighted by atomic mass is 15.0. The van der Waals surface area contributed by atoms with Crippen LogP contribution in [0.2, 0.25) is 0 Å². The van der Waals surface area contributed by atoms with Gasteiger partial charge >= 0.3 is 0 Å². The van der Waals surface area contributed by atoms with Crippen molar-refractivity contribution >= 4 is 16.7 Å². The number of aryl methyl sites for hydroxylation is 1. The first kappa shape index (κ1) is 18.8. The van der Waals surface area contributed by atoms with Crippen LogP contribution >= 0.6 is 0 Å². The summed E-state index contributed by atoms with van der Waals surface area (Å²) in [7, 11) is 0. The Morgan fingerprint density at radius 1 is 0.774 bits per heavy atom. The van der Waals surface area contributed by atoms with Crippen LogP contribution in [-0.4, -0.2) is 24.9 Å². The van der Waals surface area contributed by atoms with Crippen LogP contribution in [0.4, 0.5) is 5.82 Å².